The van der Waals surface area contributed by atoms with Crippen molar-refractivity contribution in [3.05, 3.63) is 12.7 Å². The first-order chi connectivity index (χ1) is 5.04. The molecule has 5 nitrogen and oxygen atoms in total. The van der Waals surface area contributed by atoms with Crippen LogP contribution in [0.5, 0.6) is 0 Å². The number of rotatable bonds is 2. The Bertz CT molecular complexity index is 175. The van der Waals surface area contributed by atoms with Gasteiger partial charge in [0.2, 0.25) is 0 Å². The van der Waals surface area contributed by atoms with Crippen molar-refractivity contribution in [3.63, 3.8) is 0 Å². The van der Waals surface area contributed by atoms with Gasteiger partial charge in [-0.05, 0) is 0 Å². The number of hydrogen-bond donors (Lipinski definition) is 2. The minimum Gasteiger partial charge on any atom is -0.469 e. The van der Waals surface area contributed by atoms with Gasteiger partial charge in [0.05, 0.1) is 13.5 Å². The van der Waals surface area contributed by atoms with Crippen LogP contribution in [0.1, 0.15) is 6.42 Å². The van der Waals surface area contributed by atoms with Gasteiger partial charge in [0, 0.05) is 0 Å². The molecule has 0 bridgehead atoms. The maximum atomic E-state index is 10.1. The van der Waals surface area contributed by atoms with Crippen LogP contribution in [0.25, 0.3) is 0 Å². The van der Waals surface area contributed by atoms with Gasteiger partial charge < -0.3 is 4.74 Å². The second-order valence-corrected chi connectivity index (χ2v) is 1.78. The maximum absolute atomic E-state index is 10.1. The molecule has 0 aliphatic rings. The zero-order valence-corrected chi connectivity index (χ0v) is 6.91. The predicted molar refractivity (Wildman–Crippen MR) is 39.8 cm³/mol. The molecule has 0 saturated carbocycles. The number of carbonyl (C=O) groups is 1. The molecule has 0 aromatic heterocycles. The van der Waals surface area contributed by atoms with Crippen molar-refractivity contribution >= 4 is 17.0 Å². The van der Waals surface area contributed by atoms with E-state index in [0.717, 1.165) is 0 Å². The Hall–Kier alpha value is -0.880. The standard InChI is InChI=1S/C5H8O2.H2O3S/c1-3-4-5(6)7-2;1-4(2)3/h3H,1,4H2,2H3;4H,(H,1,2,3). The summed E-state index contributed by atoms with van der Waals surface area (Å²) in [5.74, 6) is -0.241. The zero-order valence-electron chi connectivity index (χ0n) is 6.02. The third-order valence-corrected chi connectivity index (χ3v) is 0.539. The highest BCUT2D eigenvalue weighted by molar-refractivity contribution is 7.66. The summed E-state index contributed by atoms with van der Waals surface area (Å²) < 4.78 is 28.5. The Morgan fingerprint density at radius 2 is 2.09 bits per heavy atom. The van der Waals surface area contributed by atoms with Gasteiger partial charge in [0.25, 0.3) is 11.0 Å². The van der Waals surface area contributed by atoms with Crippen molar-refractivity contribution in [2.24, 2.45) is 0 Å². The molecule has 0 rings (SSSR count). The van der Waals surface area contributed by atoms with Crippen LogP contribution < -0.4 is 0 Å². The Morgan fingerprint density at radius 3 is 2.18 bits per heavy atom. The Labute approximate surface area is 66.5 Å². The van der Waals surface area contributed by atoms with E-state index in [1.54, 1.807) is 0 Å². The summed E-state index contributed by atoms with van der Waals surface area (Å²) in [7, 11) is -1.77. The monoisotopic (exact) mass is 182 g/mol. The summed E-state index contributed by atoms with van der Waals surface area (Å²) in [4.78, 5) is 10.1. The Balaban J connectivity index is 0. The molecule has 0 unspecified atom stereocenters. The van der Waals surface area contributed by atoms with Crippen molar-refractivity contribution < 1.29 is 22.5 Å². The molecule has 0 amide bonds. The minimum atomic E-state index is -3.12. The summed E-state index contributed by atoms with van der Waals surface area (Å²) in [5, 5.41) is 0. The largest absolute Gasteiger partial charge is 0.469 e. The van der Waals surface area contributed by atoms with Gasteiger partial charge in [-0.15, -0.1) is 6.58 Å². The fourth-order valence-corrected chi connectivity index (χ4v) is 0.201. The first kappa shape index (κ1) is 12.8. The van der Waals surface area contributed by atoms with E-state index in [2.05, 4.69) is 11.3 Å². The molecule has 0 heterocycles. The Kier molecular flexibility index (Phi) is 10.6. The molecule has 0 fully saturated rings. The Morgan fingerprint density at radius 1 is 1.73 bits per heavy atom. The van der Waals surface area contributed by atoms with E-state index in [-0.39, 0.29) is 5.97 Å². The molecule has 11 heavy (non-hydrogen) atoms. The molecule has 0 atom stereocenters. The first-order valence-corrected chi connectivity index (χ1v) is 3.68. The molecule has 66 valence electrons. The molecule has 0 radical (unpaired) electrons. The summed E-state index contributed by atoms with van der Waals surface area (Å²) in [6.07, 6.45) is 1.81. The lowest BCUT2D eigenvalue weighted by molar-refractivity contribution is -0.139. The van der Waals surface area contributed by atoms with Gasteiger partial charge in [-0.1, -0.05) is 6.08 Å². The lowest BCUT2D eigenvalue weighted by Crippen LogP contribution is -1.95. The fraction of sp³-hybridized carbons (Fsp3) is 0.400. The topological polar surface area (TPSA) is 80.7 Å². The van der Waals surface area contributed by atoms with E-state index in [4.69, 9.17) is 13.0 Å². The number of carbonyl (C=O) groups excluding carboxylic acids is 1. The highest BCUT2D eigenvalue weighted by Crippen LogP contribution is 1.80. The molecule has 0 aliphatic heterocycles. The summed E-state index contributed by atoms with van der Waals surface area (Å²) >= 11 is 0. The first-order valence-electron chi connectivity index (χ1n) is 2.55. The number of methoxy groups -OCH3 is 1. The molecule has 0 spiro atoms. The van der Waals surface area contributed by atoms with E-state index in [1.165, 1.54) is 13.2 Å². The van der Waals surface area contributed by atoms with E-state index in [1.807, 2.05) is 0 Å². The average Bonchev–Trinajstić information content (AvgIpc) is 1.87. The quantitative estimate of drug-likeness (QED) is 0.268. The SMILES string of the molecule is C=CCC(=O)OC.O=[SH](=O)O. The van der Waals surface area contributed by atoms with Crippen molar-refractivity contribution in [2.75, 3.05) is 7.11 Å². The lowest BCUT2D eigenvalue weighted by atomic mass is 10.4. The van der Waals surface area contributed by atoms with Gasteiger partial charge in [-0.3, -0.25) is 9.35 Å². The fourth-order valence-electron chi connectivity index (χ4n) is 0.201. The molecule has 0 aromatic rings. The van der Waals surface area contributed by atoms with E-state index in [0.29, 0.717) is 6.42 Å². The van der Waals surface area contributed by atoms with Gasteiger partial charge in [0.1, 0.15) is 0 Å². The van der Waals surface area contributed by atoms with Crippen molar-refractivity contribution in [1.29, 1.82) is 0 Å². The summed E-state index contributed by atoms with van der Waals surface area (Å²) in [6.45, 7) is 3.35. The van der Waals surface area contributed by atoms with Gasteiger partial charge in [-0.2, -0.15) is 0 Å². The predicted octanol–water partition coefficient (Wildman–Crippen LogP) is -0.194. The van der Waals surface area contributed by atoms with Crippen LogP contribution in [-0.4, -0.2) is 26.0 Å². The van der Waals surface area contributed by atoms with Crippen molar-refractivity contribution in [2.45, 2.75) is 6.42 Å². The normalized spacial score (nSPS) is 7.91. The van der Waals surface area contributed by atoms with E-state index >= 15 is 0 Å². The van der Waals surface area contributed by atoms with Gasteiger partial charge in [0.15, 0.2) is 0 Å². The smallest absolute Gasteiger partial charge is 0.309 e. The van der Waals surface area contributed by atoms with Crippen LogP contribution in [0.2, 0.25) is 0 Å². The molecular formula is C5H10O5S. The van der Waals surface area contributed by atoms with Crippen molar-refractivity contribution in [1.82, 2.24) is 0 Å². The molecular weight excluding hydrogens is 172 g/mol. The zero-order chi connectivity index (χ0) is 9.28. The number of hydrogen-bond acceptors (Lipinski definition) is 4. The van der Waals surface area contributed by atoms with E-state index in [9.17, 15) is 4.79 Å². The van der Waals surface area contributed by atoms with Crippen LogP contribution in [-0.2, 0) is 20.5 Å². The third-order valence-electron chi connectivity index (χ3n) is 0.539. The second kappa shape index (κ2) is 9.12. The third kappa shape index (κ3) is 27.2. The molecule has 0 aliphatic carbocycles. The molecule has 6 heteroatoms. The molecule has 0 saturated heterocycles. The summed E-state index contributed by atoms with van der Waals surface area (Å²) in [6, 6.07) is 0. The lowest BCUT2D eigenvalue weighted by Gasteiger charge is -1.88. The van der Waals surface area contributed by atoms with E-state index < -0.39 is 11.0 Å². The minimum absolute atomic E-state index is 0.241. The number of thiol groups is 1. The molecule has 1 N–H and O–H groups in total. The van der Waals surface area contributed by atoms with Crippen LogP contribution in [0.3, 0.4) is 0 Å². The second-order valence-electron chi connectivity index (χ2n) is 1.31. The molecule has 0 aromatic carbocycles. The maximum Gasteiger partial charge on any atom is 0.309 e. The number of esters is 1. The van der Waals surface area contributed by atoms with Crippen LogP contribution in [0.4, 0.5) is 0 Å². The van der Waals surface area contributed by atoms with Crippen molar-refractivity contribution in [3.8, 4) is 0 Å². The highest BCUT2D eigenvalue weighted by Gasteiger charge is 1.90. The number of ether oxygens (including phenoxy) is 1. The van der Waals surface area contributed by atoms with Crippen LogP contribution in [0, 0.1) is 0 Å². The van der Waals surface area contributed by atoms with Gasteiger partial charge >= 0.3 is 5.97 Å². The average molecular weight is 182 g/mol. The van der Waals surface area contributed by atoms with Gasteiger partial charge in [-0.25, -0.2) is 8.42 Å². The van der Waals surface area contributed by atoms with Crippen LogP contribution in [0.15, 0.2) is 12.7 Å². The highest BCUT2D eigenvalue weighted by atomic mass is 32.2. The van der Waals surface area contributed by atoms with Crippen LogP contribution >= 0.6 is 0 Å². The summed E-state index contributed by atoms with van der Waals surface area (Å²) in [5.41, 5.74) is 0.